The number of nitrogens with zero attached hydrogens (tertiary/aromatic N) is 1. The first-order valence-electron chi connectivity index (χ1n) is 7.45. The maximum Gasteiger partial charge on any atom is 0.242 e. The Bertz CT molecular complexity index is 332. The van der Waals surface area contributed by atoms with Crippen LogP contribution in [0.1, 0.15) is 44.9 Å². The van der Waals surface area contributed by atoms with Crippen LogP contribution in [0.15, 0.2) is 0 Å². The van der Waals surface area contributed by atoms with Crippen LogP contribution in [0, 0.1) is 5.92 Å². The Morgan fingerprint density at radius 1 is 1.20 bits per heavy atom. The highest BCUT2D eigenvalue weighted by atomic mass is 35.5. The lowest BCUT2D eigenvalue weighted by Gasteiger charge is -2.16. The number of amides is 2. The zero-order valence-electron chi connectivity index (χ0n) is 12.0. The van der Waals surface area contributed by atoms with Crippen LogP contribution in [0.3, 0.4) is 0 Å². The van der Waals surface area contributed by atoms with Crippen LogP contribution in [0.25, 0.3) is 0 Å². The van der Waals surface area contributed by atoms with Gasteiger partial charge in [0.05, 0.1) is 6.54 Å². The van der Waals surface area contributed by atoms with E-state index in [0.29, 0.717) is 13.0 Å². The summed E-state index contributed by atoms with van der Waals surface area (Å²) in [6, 6.07) is 0.0991. The normalized spacial score (nSPS) is 22.6. The van der Waals surface area contributed by atoms with Crippen molar-refractivity contribution in [1.82, 2.24) is 10.2 Å². The molecule has 1 atom stereocenters. The molecule has 0 aromatic heterocycles. The van der Waals surface area contributed by atoms with Gasteiger partial charge in [-0.3, -0.25) is 9.59 Å². The Morgan fingerprint density at radius 2 is 1.90 bits per heavy atom. The smallest absolute Gasteiger partial charge is 0.242 e. The highest BCUT2D eigenvalue weighted by Gasteiger charge is 2.23. The van der Waals surface area contributed by atoms with Crippen molar-refractivity contribution in [3.8, 4) is 0 Å². The van der Waals surface area contributed by atoms with E-state index >= 15 is 0 Å². The summed E-state index contributed by atoms with van der Waals surface area (Å²) in [4.78, 5) is 25.2. The lowest BCUT2D eigenvalue weighted by Crippen LogP contribution is -2.40. The molecule has 5 nitrogen and oxygen atoms in total. The van der Waals surface area contributed by atoms with Gasteiger partial charge in [-0.1, -0.05) is 25.7 Å². The Hall–Kier alpha value is -0.810. The van der Waals surface area contributed by atoms with Crippen molar-refractivity contribution in [1.29, 1.82) is 0 Å². The lowest BCUT2D eigenvalue weighted by molar-refractivity contribution is -0.132. The van der Waals surface area contributed by atoms with Crippen LogP contribution in [-0.2, 0) is 9.59 Å². The molecule has 2 aliphatic rings. The molecule has 1 saturated carbocycles. The molecule has 0 aromatic carbocycles. The molecule has 0 unspecified atom stereocenters. The van der Waals surface area contributed by atoms with Crippen molar-refractivity contribution in [2.75, 3.05) is 19.6 Å². The van der Waals surface area contributed by atoms with Crippen molar-refractivity contribution in [3.05, 3.63) is 0 Å². The minimum Gasteiger partial charge on any atom is -0.347 e. The van der Waals surface area contributed by atoms with E-state index in [9.17, 15) is 9.59 Å². The summed E-state index contributed by atoms with van der Waals surface area (Å²) in [5.74, 6) is 0.712. The molecule has 0 spiro atoms. The van der Waals surface area contributed by atoms with Crippen LogP contribution in [-0.4, -0.2) is 42.4 Å². The summed E-state index contributed by atoms with van der Waals surface area (Å²) in [5.41, 5.74) is 5.76. The number of hydrogen-bond donors (Lipinski definition) is 2. The highest BCUT2D eigenvalue weighted by Crippen LogP contribution is 2.28. The molecule has 2 rings (SSSR count). The number of nitrogens with one attached hydrogen (secondary N) is 1. The summed E-state index contributed by atoms with van der Waals surface area (Å²) in [6.45, 7) is 1.46. The summed E-state index contributed by atoms with van der Waals surface area (Å²) in [5, 5.41) is 2.73. The predicted molar refractivity (Wildman–Crippen MR) is 80.6 cm³/mol. The maximum absolute atomic E-state index is 11.8. The number of hydrogen-bond acceptors (Lipinski definition) is 3. The third kappa shape index (κ3) is 5.29. The van der Waals surface area contributed by atoms with Gasteiger partial charge < -0.3 is 16.0 Å². The van der Waals surface area contributed by atoms with Crippen LogP contribution in [0.2, 0.25) is 0 Å². The third-order valence-electron chi connectivity index (χ3n) is 4.27. The quantitative estimate of drug-likeness (QED) is 0.797. The van der Waals surface area contributed by atoms with Gasteiger partial charge in [-0.15, -0.1) is 12.4 Å². The average Bonchev–Trinajstić information content (AvgIpc) is 3.04. The fourth-order valence-electron chi connectivity index (χ4n) is 3.02. The van der Waals surface area contributed by atoms with Crippen molar-refractivity contribution in [3.63, 3.8) is 0 Å². The largest absolute Gasteiger partial charge is 0.347 e. The molecule has 3 N–H and O–H groups in total. The fourth-order valence-corrected chi connectivity index (χ4v) is 3.02. The van der Waals surface area contributed by atoms with E-state index < -0.39 is 0 Å². The van der Waals surface area contributed by atoms with Crippen LogP contribution < -0.4 is 11.1 Å². The number of carbonyl (C=O) groups is 2. The Kier molecular flexibility index (Phi) is 7.30. The average molecular weight is 304 g/mol. The highest BCUT2D eigenvalue weighted by molar-refractivity contribution is 5.85. The van der Waals surface area contributed by atoms with Crippen molar-refractivity contribution in [2.45, 2.75) is 51.0 Å². The van der Waals surface area contributed by atoms with Crippen LogP contribution in [0.4, 0.5) is 0 Å². The van der Waals surface area contributed by atoms with Gasteiger partial charge in [0, 0.05) is 25.6 Å². The van der Waals surface area contributed by atoms with Gasteiger partial charge in [0.25, 0.3) is 0 Å². The van der Waals surface area contributed by atoms with Gasteiger partial charge in [0.2, 0.25) is 11.8 Å². The zero-order chi connectivity index (χ0) is 13.7. The second-order valence-corrected chi connectivity index (χ2v) is 5.85. The molecule has 20 heavy (non-hydrogen) atoms. The molecule has 116 valence electrons. The summed E-state index contributed by atoms with van der Waals surface area (Å²) >= 11 is 0. The van der Waals surface area contributed by atoms with Gasteiger partial charge in [-0.05, 0) is 18.8 Å². The Labute approximate surface area is 127 Å². The molecule has 0 radical (unpaired) electrons. The van der Waals surface area contributed by atoms with E-state index in [1.54, 1.807) is 4.90 Å². The van der Waals surface area contributed by atoms with Gasteiger partial charge >= 0.3 is 0 Å². The Morgan fingerprint density at radius 3 is 2.50 bits per heavy atom. The second-order valence-electron chi connectivity index (χ2n) is 5.85. The van der Waals surface area contributed by atoms with E-state index in [2.05, 4.69) is 5.32 Å². The van der Waals surface area contributed by atoms with Gasteiger partial charge in [-0.25, -0.2) is 0 Å². The summed E-state index contributed by atoms with van der Waals surface area (Å²) in [6.07, 6.45) is 7.52. The second kappa shape index (κ2) is 8.47. The van der Waals surface area contributed by atoms with Crippen molar-refractivity contribution in [2.24, 2.45) is 11.7 Å². The first-order valence-corrected chi connectivity index (χ1v) is 7.45. The molecular formula is C14H26ClN3O2. The molecular weight excluding hydrogens is 278 g/mol. The SMILES string of the molecule is Cl.N[C@@H]1CCN(C(=O)CNC(=O)CCC2CCCC2)C1. The summed E-state index contributed by atoms with van der Waals surface area (Å²) < 4.78 is 0. The lowest BCUT2D eigenvalue weighted by atomic mass is 10.0. The first-order chi connectivity index (χ1) is 9.15. The molecule has 2 fully saturated rings. The minimum atomic E-state index is -0.0119. The fraction of sp³-hybridized carbons (Fsp3) is 0.857. The van der Waals surface area contributed by atoms with Gasteiger partial charge in [0.15, 0.2) is 0 Å². The van der Waals surface area contributed by atoms with Crippen molar-refractivity contribution < 1.29 is 9.59 Å². The van der Waals surface area contributed by atoms with Crippen LogP contribution in [0.5, 0.6) is 0 Å². The topological polar surface area (TPSA) is 75.4 Å². The molecule has 1 aliphatic heterocycles. The molecule has 1 aliphatic carbocycles. The molecule has 0 aromatic rings. The number of carbonyl (C=O) groups excluding carboxylic acids is 2. The number of halogens is 1. The van der Waals surface area contributed by atoms with E-state index in [4.69, 9.17) is 5.73 Å². The van der Waals surface area contributed by atoms with Gasteiger partial charge in [-0.2, -0.15) is 0 Å². The monoisotopic (exact) mass is 303 g/mol. The maximum atomic E-state index is 11.8. The molecule has 0 bridgehead atoms. The summed E-state index contributed by atoms with van der Waals surface area (Å²) in [7, 11) is 0. The number of likely N-dealkylation sites (tertiary alicyclic amines) is 1. The molecule has 1 heterocycles. The van der Waals surface area contributed by atoms with E-state index in [-0.39, 0.29) is 36.8 Å². The van der Waals surface area contributed by atoms with Crippen LogP contribution >= 0.6 is 12.4 Å². The minimum absolute atomic E-state index is 0. The van der Waals surface area contributed by atoms with E-state index in [0.717, 1.165) is 25.3 Å². The Balaban J connectivity index is 0.00000200. The zero-order valence-corrected chi connectivity index (χ0v) is 12.8. The predicted octanol–water partition coefficient (Wildman–Crippen LogP) is 1.05. The third-order valence-corrected chi connectivity index (χ3v) is 4.27. The van der Waals surface area contributed by atoms with E-state index in [1.807, 2.05) is 0 Å². The van der Waals surface area contributed by atoms with Gasteiger partial charge in [0.1, 0.15) is 0 Å². The first kappa shape index (κ1) is 17.2. The number of nitrogens with two attached hydrogens (primary N) is 1. The standard InChI is InChI=1S/C14H25N3O2.ClH/c15-12-7-8-17(10-12)14(19)9-16-13(18)6-5-11-3-1-2-4-11;/h11-12H,1-10,15H2,(H,16,18);1H/t12-;/m1./s1. The van der Waals surface area contributed by atoms with Crippen molar-refractivity contribution >= 4 is 24.2 Å². The molecule has 6 heteroatoms. The molecule has 2 amide bonds. The molecule has 1 saturated heterocycles. The number of rotatable bonds is 5. The van der Waals surface area contributed by atoms with E-state index in [1.165, 1.54) is 25.7 Å².